The number of benzene rings is 6. The van der Waals surface area contributed by atoms with Crippen molar-refractivity contribution in [3.63, 3.8) is 0 Å². The van der Waals surface area contributed by atoms with E-state index in [1.54, 1.807) is 150 Å². The second-order valence-corrected chi connectivity index (χ2v) is 13.4. The summed E-state index contributed by atoms with van der Waals surface area (Å²) in [5, 5.41) is 31.9. The Morgan fingerprint density at radius 3 is 0.912 bits per heavy atom. The molecule has 0 radical (unpaired) electrons. The zero-order chi connectivity index (χ0) is 40.4. The van der Waals surface area contributed by atoms with Gasteiger partial charge in [0.15, 0.2) is 0 Å². The first kappa shape index (κ1) is 40.1. The first-order valence-corrected chi connectivity index (χ1v) is 18.4. The summed E-state index contributed by atoms with van der Waals surface area (Å²) in [6, 6.07) is 43.8. The third-order valence-electron chi connectivity index (χ3n) is 10.2. The van der Waals surface area contributed by atoms with Crippen molar-refractivity contribution < 1.29 is 38.7 Å². The van der Waals surface area contributed by atoms with Gasteiger partial charge >= 0.3 is 0 Å². The monoisotopic (exact) mass is 766 g/mol. The fourth-order valence-electron chi connectivity index (χ4n) is 7.10. The van der Waals surface area contributed by atoms with E-state index in [2.05, 4.69) is 10.6 Å². The predicted molar refractivity (Wildman–Crippen MR) is 217 cm³/mol. The minimum Gasteiger partial charge on any atom is -0.497 e. The number of methoxy groups -OCH3 is 4. The van der Waals surface area contributed by atoms with Crippen LogP contribution in [0.4, 0.5) is 0 Å². The van der Waals surface area contributed by atoms with E-state index in [4.69, 9.17) is 18.9 Å². The van der Waals surface area contributed by atoms with E-state index >= 15 is 0 Å². The van der Waals surface area contributed by atoms with Crippen LogP contribution in [0.1, 0.15) is 51.9 Å². The lowest BCUT2D eigenvalue weighted by atomic mass is 9.77. The number of ether oxygens (including phenoxy) is 4. The van der Waals surface area contributed by atoms with Gasteiger partial charge in [-0.15, -0.1) is 0 Å². The highest BCUT2D eigenvalue weighted by Crippen LogP contribution is 2.44. The number of hydrogen-bond donors (Lipinski definition) is 4. The molecule has 10 nitrogen and oxygen atoms in total. The van der Waals surface area contributed by atoms with E-state index in [1.165, 1.54) is 0 Å². The quantitative estimate of drug-likeness (QED) is 0.0775. The van der Waals surface area contributed by atoms with Crippen LogP contribution in [0.15, 0.2) is 158 Å². The van der Waals surface area contributed by atoms with Crippen molar-refractivity contribution in [1.29, 1.82) is 0 Å². The predicted octanol–water partition coefficient (Wildman–Crippen LogP) is 7.00. The van der Waals surface area contributed by atoms with E-state index < -0.39 is 41.5 Å². The highest BCUT2D eigenvalue weighted by molar-refractivity contribution is 5.97. The van der Waals surface area contributed by atoms with Crippen molar-refractivity contribution in [1.82, 2.24) is 10.6 Å². The van der Waals surface area contributed by atoms with Crippen LogP contribution in [0.25, 0.3) is 0 Å². The smallest absolute Gasteiger partial charge is 0.230 e. The van der Waals surface area contributed by atoms with Crippen molar-refractivity contribution in [2.45, 2.75) is 29.7 Å². The molecule has 0 fully saturated rings. The van der Waals surface area contributed by atoms with Crippen molar-refractivity contribution in [2.75, 3.05) is 28.4 Å². The zero-order valence-electron chi connectivity index (χ0n) is 32.2. The second kappa shape index (κ2) is 17.9. The summed E-state index contributed by atoms with van der Waals surface area (Å²) in [6.45, 7) is 0. The summed E-state index contributed by atoms with van der Waals surface area (Å²) in [5.74, 6) is 1.03. The van der Waals surface area contributed by atoms with E-state index in [0.717, 1.165) is 0 Å². The van der Waals surface area contributed by atoms with Gasteiger partial charge in [-0.3, -0.25) is 9.59 Å². The Balaban J connectivity index is 1.37. The van der Waals surface area contributed by atoms with Crippen molar-refractivity contribution >= 4 is 11.8 Å². The van der Waals surface area contributed by atoms with Gasteiger partial charge in [0, 0.05) is 0 Å². The molecule has 6 rings (SSSR count). The third kappa shape index (κ3) is 8.62. The van der Waals surface area contributed by atoms with Gasteiger partial charge in [-0.1, -0.05) is 109 Å². The van der Waals surface area contributed by atoms with Crippen LogP contribution < -0.4 is 29.6 Å². The van der Waals surface area contributed by atoms with Gasteiger partial charge in [0.25, 0.3) is 0 Å². The maximum absolute atomic E-state index is 14.2. The maximum atomic E-state index is 14.2. The summed E-state index contributed by atoms with van der Waals surface area (Å²) >= 11 is 0. The van der Waals surface area contributed by atoms with Crippen molar-refractivity contribution in [3.05, 3.63) is 191 Å². The molecule has 0 unspecified atom stereocenters. The highest BCUT2D eigenvalue weighted by Gasteiger charge is 2.44. The molecule has 0 aliphatic rings. The molecule has 6 aromatic rings. The van der Waals surface area contributed by atoms with Crippen LogP contribution in [0.2, 0.25) is 0 Å². The molecular weight excluding hydrogens is 721 g/mol. The normalized spacial score (nSPS) is 12.5. The Morgan fingerprint density at radius 2 is 0.684 bits per heavy atom. The fourth-order valence-corrected chi connectivity index (χ4v) is 7.10. The summed E-state index contributed by atoms with van der Waals surface area (Å²) < 4.78 is 21.6. The standard InChI is InChI=1S/C47H46N2O8/c1-54-38-23-15-34(16-24-38)46(52,35-17-25-39(55-2)26-18-35)44(32-11-7-5-8-12-32)48-42(50)31-43(51)49-45(33-13-9-6-10-14-33)47(53,36-19-27-40(56-3)28-20-36)37-21-29-41(57-4)30-22-37/h5-30,44-45,52-53H,31H2,1-4H3,(H,48,50)(H,49,51)/t44-,45-/m1/s1. The van der Waals surface area contributed by atoms with Gasteiger partial charge < -0.3 is 39.8 Å². The minimum atomic E-state index is -1.83. The van der Waals surface area contributed by atoms with E-state index in [-0.39, 0.29) is 0 Å². The van der Waals surface area contributed by atoms with Crippen LogP contribution in [-0.4, -0.2) is 50.5 Å². The van der Waals surface area contributed by atoms with E-state index in [1.807, 2.05) is 36.4 Å². The van der Waals surface area contributed by atoms with E-state index in [0.29, 0.717) is 56.4 Å². The van der Waals surface area contributed by atoms with Crippen LogP contribution in [0.5, 0.6) is 23.0 Å². The van der Waals surface area contributed by atoms with Crippen LogP contribution in [-0.2, 0) is 20.8 Å². The highest BCUT2D eigenvalue weighted by atomic mass is 16.5. The fraction of sp³-hybridized carbons (Fsp3) is 0.191. The van der Waals surface area contributed by atoms with Gasteiger partial charge in [-0.05, 0) is 81.9 Å². The number of carbonyl (C=O) groups is 2. The number of hydrogen-bond acceptors (Lipinski definition) is 8. The molecule has 0 heterocycles. The second-order valence-electron chi connectivity index (χ2n) is 13.4. The molecule has 2 atom stereocenters. The molecular formula is C47H46N2O8. The van der Waals surface area contributed by atoms with Crippen molar-refractivity contribution in [2.24, 2.45) is 0 Å². The molecule has 0 aromatic heterocycles. The lowest BCUT2D eigenvalue weighted by Crippen LogP contribution is -2.48. The number of carbonyl (C=O) groups excluding carboxylic acids is 2. The molecule has 0 saturated heterocycles. The van der Waals surface area contributed by atoms with Crippen molar-refractivity contribution in [3.8, 4) is 23.0 Å². The Hall–Kier alpha value is -6.62. The number of rotatable bonds is 16. The number of amides is 2. The molecule has 10 heteroatoms. The average Bonchev–Trinajstić information content (AvgIpc) is 3.27. The number of aliphatic hydroxyl groups is 2. The van der Waals surface area contributed by atoms with Gasteiger partial charge in [-0.25, -0.2) is 0 Å². The largest absolute Gasteiger partial charge is 0.497 e. The van der Waals surface area contributed by atoms with Gasteiger partial charge in [0.1, 0.15) is 40.6 Å². The first-order valence-electron chi connectivity index (χ1n) is 18.4. The molecule has 0 saturated carbocycles. The molecule has 0 bridgehead atoms. The molecule has 292 valence electrons. The van der Waals surface area contributed by atoms with Crippen LogP contribution in [0, 0.1) is 0 Å². The summed E-state index contributed by atoms with van der Waals surface area (Å²) in [6.07, 6.45) is -0.630. The minimum absolute atomic E-state index is 0.472. The molecule has 4 N–H and O–H groups in total. The lowest BCUT2D eigenvalue weighted by molar-refractivity contribution is -0.132. The first-order chi connectivity index (χ1) is 27.6. The molecule has 6 aromatic carbocycles. The lowest BCUT2D eigenvalue weighted by Gasteiger charge is -2.39. The molecule has 57 heavy (non-hydrogen) atoms. The Kier molecular flexibility index (Phi) is 12.6. The van der Waals surface area contributed by atoms with Gasteiger partial charge in [0.2, 0.25) is 11.8 Å². The summed E-state index contributed by atoms with van der Waals surface area (Å²) in [7, 11) is 6.22. The zero-order valence-corrected chi connectivity index (χ0v) is 32.2. The Morgan fingerprint density at radius 1 is 0.439 bits per heavy atom. The summed E-state index contributed by atoms with van der Waals surface area (Å²) in [4.78, 5) is 28.4. The Labute approximate surface area is 332 Å². The van der Waals surface area contributed by atoms with Crippen LogP contribution in [0.3, 0.4) is 0 Å². The third-order valence-corrected chi connectivity index (χ3v) is 10.2. The maximum Gasteiger partial charge on any atom is 0.230 e. The topological polar surface area (TPSA) is 136 Å². The Bertz CT molecular complexity index is 1960. The average molecular weight is 767 g/mol. The van der Waals surface area contributed by atoms with E-state index in [9.17, 15) is 19.8 Å². The molecule has 0 aliphatic carbocycles. The molecule has 2 amide bonds. The number of nitrogens with one attached hydrogen (secondary N) is 2. The molecule has 0 aliphatic heterocycles. The van der Waals surface area contributed by atoms with Gasteiger partial charge in [-0.2, -0.15) is 0 Å². The summed E-state index contributed by atoms with van der Waals surface area (Å²) in [5.41, 5.74) is -0.587. The van der Waals surface area contributed by atoms with Gasteiger partial charge in [0.05, 0.1) is 40.5 Å². The SMILES string of the molecule is COc1ccc(C(O)(c2ccc(OC)cc2)[C@H](NC(=O)CC(=O)N[C@H](c2ccccc2)C(O)(c2ccc(OC)cc2)c2ccc(OC)cc2)c2ccccc2)cc1. The van der Waals surface area contributed by atoms with Crippen LogP contribution >= 0.6 is 0 Å². The molecule has 0 spiro atoms.